The Bertz CT molecular complexity index is 420. The van der Waals surface area contributed by atoms with Gasteiger partial charge in [0.15, 0.2) is 5.78 Å². The molecule has 0 bridgehead atoms. The number of carbonyl (C=O) groups is 1. The fourth-order valence-electron chi connectivity index (χ4n) is 1.75. The van der Waals surface area contributed by atoms with Crippen molar-refractivity contribution in [2.45, 2.75) is 26.4 Å². The number of carbonyl (C=O) groups excluding carboxylic acids is 1. The minimum absolute atomic E-state index is 0.0482. The molecule has 0 fully saturated rings. The fraction of sp³-hybridized carbons (Fsp3) is 0.429. The van der Waals surface area contributed by atoms with Crippen LogP contribution >= 0.6 is 0 Å². The fourth-order valence-corrected chi connectivity index (χ4v) is 1.75. The molecule has 0 aliphatic rings. The lowest BCUT2D eigenvalue weighted by atomic mass is 9.92. The van der Waals surface area contributed by atoms with Crippen LogP contribution in [-0.2, 0) is 11.3 Å². The number of hydrogen-bond acceptors (Lipinski definition) is 3. The minimum Gasteiger partial charge on any atom is -0.380 e. The summed E-state index contributed by atoms with van der Waals surface area (Å²) in [5.41, 5.74) is 1.65. The molecule has 1 atom stereocenters. The summed E-state index contributed by atoms with van der Waals surface area (Å²) in [6, 6.07) is 9.47. The average molecular weight is 231 g/mol. The molecule has 0 radical (unpaired) electrons. The zero-order chi connectivity index (χ0) is 12.7. The van der Waals surface area contributed by atoms with Gasteiger partial charge in [-0.05, 0) is 18.1 Å². The molecule has 3 heteroatoms. The molecule has 0 heterocycles. The first-order valence-corrected chi connectivity index (χ1v) is 5.72. The Morgan fingerprint density at radius 1 is 1.53 bits per heavy atom. The summed E-state index contributed by atoms with van der Waals surface area (Å²) in [5.74, 6) is -0.148. The summed E-state index contributed by atoms with van der Waals surface area (Å²) in [6.07, 6.45) is 0.977. The molecule has 0 aromatic heterocycles. The molecule has 0 saturated carbocycles. The van der Waals surface area contributed by atoms with Crippen LogP contribution in [0.1, 0.15) is 35.7 Å². The maximum Gasteiger partial charge on any atom is 0.166 e. The lowest BCUT2D eigenvalue weighted by Gasteiger charge is -2.10. The quantitative estimate of drug-likeness (QED) is 0.707. The SMILES string of the molecule is CCC(CC#N)C(=O)c1cccc(COC)c1. The van der Waals surface area contributed by atoms with E-state index in [1.165, 1.54) is 0 Å². The Hall–Kier alpha value is -1.66. The van der Waals surface area contributed by atoms with E-state index in [1.807, 2.05) is 25.1 Å². The van der Waals surface area contributed by atoms with Gasteiger partial charge in [0.05, 0.1) is 12.7 Å². The van der Waals surface area contributed by atoms with Crippen molar-refractivity contribution in [2.75, 3.05) is 7.11 Å². The first-order chi connectivity index (χ1) is 8.22. The third kappa shape index (κ3) is 3.69. The Morgan fingerprint density at radius 2 is 2.29 bits per heavy atom. The van der Waals surface area contributed by atoms with Gasteiger partial charge in [0.1, 0.15) is 0 Å². The standard InChI is InChI=1S/C14H17NO2/c1-3-12(7-8-15)14(16)13-6-4-5-11(9-13)10-17-2/h4-6,9,12H,3,7,10H2,1-2H3. The second-order valence-electron chi connectivity index (χ2n) is 3.97. The highest BCUT2D eigenvalue weighted by atomic mass is 16.5. The van der Waals surface area contributed by atoms with Gasteiger partial charge in [0.2, 0.25) is 0 Å². The Morgan fingerprint density at radius 3 is 2.88 bits per heavy atom. The van der Waals surface area contributed by atoms with E-state index in [4.69, 9.17) is 10.00 Å². The molecule has 0 spiro atoms. The normalized spacial score (nSPS) is 11.8. The minimum atomic E-state index is -0.196. The Balaban J connectivity index is 2.87. The molecule has 1 unspecified atom stereocenters. The van der Waals surface area contributed by atoms with Gasteiger partial charge in [-0.3, -0.25) is 4.79 Å². The molecule has 0 amide bonds. The summed E-state index contributed by atoms with van der Waals surface area (Å²) in [7, 11) is 1.62. The van der Waals surface area contributed by atoms with Gasteiger partial charge in [0.25, 0.3) is 0 Å². The third-order valence-corrected chi connectivity index (χ3v) is 2.72. The van der Waals surface area contributed by atoms with Crippen LogP contribution in [0.3, 0.4) is 0 Å². The molecule has 1 rings (SSSR count). The number of rotatable bonds is 6. The van der Waals surface area contributed by atoms with Crippen molar-refractivity contribution in [3.05, 3.63) is 35.4 Å². The van der Waals surface area contributed by atoms with E-state index in [0.717, 1.165) is 5.56 Å². The van der Waals surface area contributed by atoms with E-state index in [0.29, 0.717) is 18.6 Å². The highest BCUT2D eigenvalue weighted by molar-refractivity contribution is 5.98. The van der Waals surface area contributed by atoms with Crippen molar-refractivity contribution >= 4 is 5.78 Å². The lowest BCUT2D eigenvalue weighted by Crippen LogP contribution is -2.13. The van der Waals surface area contributed by atoms with E-state index in [1.54, 1.807) is 13.2 Å². The summed E-state index contributed by atoms with van der Waals surface area (Å²) >= 11 is 0. The predicted molar refractivity (Wildman–Crippen MR) is 65.5 cm³/mol. The molecular formula is C14H17NO2. The van der Waals surface area contributed by atoms with E-state index < -0.39 is 0 Å². The van der Waals surface area contributed by atoms with Crippen LogP contribution in [0.4, 0.5) is 0 Å². The van der Waals surface area contributed by atoms with Gasteiger partial charge >= 0.3 is 0 Å². The number of hydrogen-bond donors (Lipinski definition) is 0. The molecule has 0 saturated heterocycles. The van der Waals surface area contributed by atoms with Crippen molar-refractivity contribution in [2.24, 2.45) is 5.92 Å². The largest absolute Gasteiger partial charge is 0.380 e. The number of ketones is 1. The first kappa shape index (κ1) is 13.4. The molecule has 3 nitrogen and oxygen atoms in total. The Kier molecular flexibility index (Phi) is 5.38. The highest BCUT2D eigenvalue weighted by Crippen LogP contribution is 2.17. The highest BCUT2D eigenvalue weighted by Gasteiger charge is 2.17. The molecule has 1 aromatic carbocycles. The smallest absolute Gasteiger partial charge is 0.166 e. The van der Waals surface area contributed by atoms with Gasteiger partial charge in [-0.15, -0.1) is 0 Å². The first-order valence-electron chi connectivity index (χ1n) is 5.72. The number of Topliss-reactive ketones (excluding diaryl/α,β-unsaturated/α-hetero) is 1. The van der Waals surface area contributed by atoms with E-state index in [-0.39, 0.29) is 18.1 Å². The van der Waals surface area contributed by atoms with Crippen molar-refractivity contribution in [1.29, 1.82) is 5.26 Å². The zero-order valence-electron chi connectivity index (χ0n) is 10.3. The number of nitriles is 1. The van der Waals surface area contributed by atoms with Crippen LogP contribution in [0.15, 0.2) is 24.3 Å². The van der Waals surface area contributed by atoms with Crippen molar-refractivity contribution < 1.29 is 9.53 Å². The van der Waals surface area contributed by atoms with Crippen LogP contribution in [-0.4, -0.2) is 12.9 Å². The van der Waals surface area contributed by atoms with E-state index in [9.17, 15) is 4.79 Å². The Labute approximate surface area is 102 Å². The third-order valence-electron chi connectivity index (χ3n) is 2.72. The zero-order valence-corrected chi connectivity index (χ0v) is 10.3. The molecule has 90 valence electrons. The van der Waals surface area contributed by atoms with Crippen LogP contribution in [0, 0.1) is 17.2 Å². The molecular weight excluding hydrogens is 214 g/mol. The summed E-state index contributed by atoms with van der Waals surface area (Å²) in [4.78, 5) is 12.1. The van der Waals surface area contributed by atoms with Gasteiger partial charge in [-0.2, -0.15) is 5.26 Å². The number of methoxy groups -OCH3 is 1. The van der Waals surface area contributed by atoms with Crippen LogP contribution in [0.2, 0.25) is 0 Å². The molecule has 1 aromatic rings. The van der Waals surface area contributed by atoms with Gasteiger partial charge in [-0.25, -0.2) is 0 Å². The summed E-state index contributed by atoms with van der Waals surface area (Å²) < 4.78 is 5.03. The van der Waals surface area contributed by atoms with Crippen molar-refractivity contribution in [3.8, 4) is 6.07 Å². The topological polar surface area (TPSA) is 50.1 Å². The second-order valence-corrected chi connectivity index (χ2v) is 3.97. The molecule has 0 aliphatic carbocycles. The molecule has 0 aliphatic heterocycles. The average Bonchev–Trinajstić information content (AvgIpc) is 2.36. The monoisotopic (exact) mass is 231 g/mol. The van der Waals surface area contributed by atoms with Crippen molar-refractivity contribution in [1.82, 2.24) is 0 Å². The molecule has 0 N–H and O–H groups in total. The van der Waals surface area contributed by atoms with E-state index in [2.05, 4.69) is 6.07 Å². The summed E-state index contributed by atoms with van der Waals surface area (Å²) in [6.45, 7) is 2.43. The lowest BCUT2D eigenvalue weighted by molar-refractivity contribution is 0.0918. The van der Waals surface area contributed by atoms with Gasteiger partial charge in [-0.1, -0.05) is 25.1 Å². The van der Waals surface area contributed by atoms with Crippen LogP contribution < -0.4 is 0 Å². The van der Waals surface area contributed by atoms with Crippen LogP contribution in [0.5, 0.6) is 0 Å². The summed E-state index contributed by atoms with van der Waals surface area (Å²) in [5, 5.41) is 8.68. The van der Waals surface area contributed by atoms with Crippen molar-refractivity contribution in [3.63, 3.8) is 0 Å². The maximum absolute atomic E-state index is 12.1. The number of ether oxygens (including phenoxy) is 1. The van der Waals surface area contributed by atoms with Gasteiger partial charge < -0.3 is 4.74 Å². The predicted octanol–water partition coefficient (Wildman–Crippen LogP) is 2.96. The van der Waals surface area contributed by atoms with Gasteiger partial charge in [0, 0.05) is 25.0 Å². The maximum atomic E-state index is 12.1. The number of nitrogens with zero attached hydrogens (tertiary/aromatic N) is 1. The number of benzene rings is 1. The van der Waals surface area contributed by atoms with E-state index >= 15 is 0 Å². The molecule has 17 heavy (non-hydrogen) atoms. The second kappa shape index (κ2) is 6.82. The van der Waals surface area contributed by atoms with Crippen LogP contribution in [0.25, 0.3) is 0 Å².